The number of benzene rings is 2. The van der Waals surface area contributed by atoms with Crippen LogP contribution in [0.4, 0.5) is 5.69 Å². The molecule has 0 aliphatic heterocycles. The molecule has 230 valence electrons. The summed E-state index contributed by atoms with van der Waals surface area (Å²) in [6, 6.07) is 15.6. The Bertz CT molecular complexity index is 1260. The van der Waals surface area contributed by atoms with Crippen LogP contribution in [0, 0.1) is 5.92 Å². The van der Waals surface area contributed by atoms with Gasteiger partial charge in [-0.05, 0) is 75.7 Å². The minimum atomic E-state index is -3.72. The molecule has 2 aromatic carbocycles. The summed E-state index contributed by atoms with van der Waals surface area (Å²) in [6.07, 6.45) is 7.93. The molecule has 3 rings (SSSR count). The number of likely N-dealkylation sites (N-methyl/N-ethyl adjacent to an activating group) is 1. The van der Waals surface area contributed by atoms with Crippen molar-refractivity contribution in [1.82, 2.24) is 9.80 Å². The van der Waals surface area contributed by atoms with Gasteiger partial charge in [0.25, 0.3) is 15.9 Å². The zero-order valence-corrected chi connectivity index (χ0v) is 25.5. The Morgan fingerprint density at radius 1 is 0.833 bits per heavy atom. The van der Waals surface area contributed by atoms with Gasteiger partial charge in [-0.1, -0.05) is 44.4 Å². The van der Waals surface area contributed by atoms with E-state index in [1.54, 1.807) is 36.4 Å². The van der Waals surface area contributed by atoms with Gasteiger partial charge in [0.1, 0.15) is 0 Å². The van der Waals surface area contributed by atoms with Crippen LogP contribution in [0.5, 0.6) is 0 Å². The maximum Gasteiger partial charge on any atom is 0.328 e. The highest BCUT2D eigenvalue weighted by Crippen LogP contribution is 2.26. The Kier molecular flexibility index (Phi) is 14.2. The second-order valence-corrected chi connectivity index (χ2v) is 12.4. The van der Waals surface area contributed by atoms with Crippen LogP contribution >= 0.6 is 0 Å². The van der Waals surface area contributed by atoms with Crippen LogP contribution in [0.25, 0.3) is 0 Å². The number of nitrogens with zero attached hydrogens (tertiary/aromatic N) is 3. The standard InChI is InChI=1S/C27H39N3O3S.C4H4O4/c1-4-19-30(25-13-9-6-10-14-25)34(32,33)26-17-15-24(16-18-26)27(31)29(21-20-28(2)3)22-23-11-7-5-8-12-23;5-3(6)1-2-4(7)8/h6,9-10,13-18,23H,4-5,7-8,11-12,19-22H2,1-3H3;1-2H,(H,5,6)(H,7,8)/b;2-1-. The molecule has 0 spiro atoms. The first-order valence-corrected chi connectivity index (χ1v) is 15.7. The average Bonchev–Trinajstić information content (AvgIpc) is 2.97. The van der Waals surface area contributed by atoms with Gasteiger partial charge in [0.05, 0.1) is 10.6 Å². The summed E-state index contributed by atoms with van der Waals surface area (Å²) < 4.78 is 28.2. The molecular formula is C31H43N3O7S. The summed E-state index contributed by atoms with van der Waals surface area (Å²) in [6.45, 7) is 4.59. The summed E-state index contributed by atoms with van der Waals surface area (Å²) in [5.74, 6) is -1.99. The fourth-order valence-corrected chi connectivity index (χ4v) is 6.24. The van der Waals surface area contributed by atoms with E-state index in [-0.39, 0.29) is 10.8 Å². The van der Waals surface area contributed by atoms with E-state index in [0.29, 0.717) is 48.8 Å². The van der Waals surface area contributed by atoms with Gasteiger partial charge >= 0.3 is 11.9 Å². The maximum atomic E-state index is 13.4. The molecule has 1 saturated carbocycles. The largest absolute Gasteiger partial charge is 0.478 e. The summed E-state index contributed by atoms with van der Waals surface area (Å²) in [5, 5.41) is 15.6. The topological polar surface area (TPSA) is 136 Å². The number of anilines is 1. The molecule has 0 heterocycles. The van der Waals surface area contributed by atoms with Crippen LogP contribution in [-0.2, 0) is 19.6 Å². The van der Waals surface area contributed by atoms with Crippen LogP contribution in [0.15, 0.2) is 71.6 Å². The molecular weight excluding hydrogens is 558 g/mol. The molecule has 0 radical (unpaired) electrons. The van der Waals surface area contributed by atoms with Crippen molar-refractivity contribution in [2.45, 2.75) is 50.3 Å². The van der Waals surface area contributed by atoms with Gasteiger partial charge in [-0.3, -0.25) is 9.10 Å². The number of carboxylic acids is 2. The van der Waals surface area contributed by atoms with E-state index in [9.17, 15) is 22.8 Å². The normalized spacial score (nSPS) is 13.8. The first-order chi connectivity index (χ1) is 19.9. The van der Waals surface area contributed by atoms with Gasteiger partial charge in [-0.2, -0.15) is 0 Å². The van der Waals surface area contributed by atoms with Gasteiger partial charge in [0, 0.05) is 43.9 Å². The van der Waals surface area contributed by atoms with Crippen molar-refractivity contribution in [2.75, 3.05) is 44.6 Å². The second kappa shape index (κ2) is 17.3. The molecule has 2 aromatic rings. The summed E-state index contributed by atoms with van der Waals surface area (Å²) in [5.41, 5.74) is 1.18. The highest BCUT2D eigenvalue weighted by molar-refractivity contribution is 7.92. The van der Waals surface area contributed by atoms with Gasteiger partial charge < -0.3 is 20.0 Å². The zero-order valence-electron chi connectivity index (χ0n) is 24.7. The summed E-state index contributed by atoms with van der Waals surface area (Å²) in [4.78, 5) is 36.7. The van der Waals surface area contributed by atoms with Crippen LogP contribution in [0.3, 0.4) is 0 Å². The first kappa shape index (κ1) is 34.5. The monoisotopic (exact) mass is 601 g/mol. The van der Waals surface area contributed by atoms with E-state index in [1.807, 2.05) is 44.1 Å². The lowest BCUT2D eigenvalue weighted by molar-refractivity contribution is -0.134. The predicted octanol–water partition coefficient (Wildman–Crippen LogP) is 4.59. The number of carboxylic acid groups (broad SMARTS) is 2. The van der Waals surface area contributed by atoms with Crippen LogP contribution < -0.4 is 4.31 Å². The van der Waals surface area contributed by atoms with E-state index in [1.165, 1.54) is 36.4 Å². The lowest BCUT2D eigenvalue weighted by atomic mass is 9.89. The van der Waals surface area contributed by atoms with Gasteiger partial charge in [0.15, 0.2) is 0 Å². The fourth-order valence-electron chi connectivity index (χ4n) is 4.69. The predicted molar refractivity (Wildman–Crippen MR) is 163 cm³/mol. The van der Waals surface area contributed by atoms with Crippen LogP contribution in [-0.4, -0.2) is 86.6 Å². The molecule has 1 aliphatic carbocycles. The van der Waals surface area contributed by atoms with Crippen molar-refractivity contribution in [3.63, 3.8) is 0 Å². The van der Waals surface area contributed by atoms with Crippen LogP contribution in [0.1, 0.15) is 55.8 Å². The van der Waals surface area contributed by atoms with Crippen molar-refractivity contribution in [2.24, 2.45) is 5.92 Å². The van der Waals surface area contributed by atoms with Crippen LogP contribution in [0.2, 0.25) is 0 Å². The van der Waals surface area contributed by atoms with E-state index in [4.69, 9.17) is 10.2 Å². The third-order valence-corrected chi connectivity index (χ3v) is 8.68. The van der Waals surface area contributed by atoms with Crippen molar-refractivity contribution < 1.29 is 33.0 Å². The molecule has 0 atom stereocenters. The molecule has 10 nitrogen and oxygen atoms in total. The third kappa shape index (κ3) is 11.3. The lowest BCUT2D eigenvalue weighted by Crippen LogP contribution is -2.40. The van der Waals surface area contributed by atoms with Gasteiger partial charge in [-0.15, -0.1) is 0 Å². The highest BCUT2D eigenvalue weighted by atomic mass is 32.2. The van der Waals surface area contributed by atoms with Gasteiger partial charge in [0.2, 0.25) is 0 Å². The Morgan fingerprint density at radius 3 is 1.90 bits per heavy atom. The zero-order chi connectivity index (χ0) is 31.1. The minimum Gasteiger partial charge on any atom is -0.478 e. The Balaban J connectivity index is 0.000000675. The number of sulfonamides is 1. The number of hydrogen-bond acceptors (Lipinski definition) is 6. The molecule has 0 saturated heterocycles. The number of amides is 1. The molecule has 0 unspecified atom stereocenters. The van der Waals surface area contributed by atoms with Crippen molar-refractivity contribution in [3.05, 3.63) is 72.3 Å². The minimum absolute atomic E-state index is 0.0233. The first-order valence-electron chi connectivity index (χ1n) is 14.2. The van der Waals surface area contributed by atoms with Crippen molar-refractivity contribution in [3.8, 4) is 0 Å². The Labute approximate surface area is 249 Å². The number of rotatable bonds is 13. The molecule has 2 N–H and O–H groups in total. The third-order valence-electron chi connectivity index (χ3n) is 6.84. The smallest absolute Gasteiger partial charge is 0.328 e. The van der Waals surface area contributed by atoms with Gasteiger partial charge in [-0.25, -0.2) is 18.0 Å². The lowest BCUT2D eigenvalue weighted by Gasteiger charge is -2.31. The molecule has 0 aromatic heterocycles. The molecule has 1 amide bonds. The molecule has 0 bridgehead atoms. The quantitative estimate of drug-likeness (QED) is 0.319. The number of aliphatic carboxylic acids is 2. The fraction of sp³-hybridized carbons (Fsp3) is 0.452. The highest BCUT2D eigenvalue weighted by Gasteiger charge is 2.26. The number of carbonyl (C=O) groups is 3. The molecule has 1 aliphatic rings. The molecule has 1 fully saturated rings. The summed E-state index contributed by atoms with van der Waals surface area (Å²) in [7, 11) is 0.302. The summed E-state index contributed by atoms with van der Waals surface area (Å²) >= 11 is 0. The second-order valence-electron chi connectivity index (χ2n) is 10.5. The Hall–Kier alpha value is -3.70. The molecule has 42 heavy (non-hydrogen) atoms. The SMILES string of the molecule is CCCN(c1ccccc1)S(=O)(=O)c1ccc(C(=O)N(CCN(C)C)CC2CCCCC2)cc1.O=C(O)/C=C\C(=O)O. The van der Waals surface area contributed by atoms with E-state index < -0.39 is 22.0 Å². The van der Waals surface area contributed by atoms with E-state index in [2.05, 4.69) is 4.90 Å². The molecule has 11 heteroatoms. The van der Waals surface area contributed by atoms with Crippen molar-refractivity contribution in [1.29, 1.82) is 0 Å². The number of carbonyl (C=O) groups excluding carboxylic acids is 1. The maximum absolute atomic E-state index is 13.4. The number of hydrogen-bond donors (Lipinski definition) is 2. The van der Waals surface area contributed by atoms with Crippen molar-refractivity contribution >= 4 is 33.6 Å². The van der Waals surface area contributed by atoms with E-state index >= 15 is 0 Å². The Morgan fingerprint density at radius 2 is 1.40 bits per heavy atom. The average molecular weight is 602 g/mol. The number of para-hydroxylation sites is 1. The van der Waals surface area contributed by atoms with E-state index in [0.717, 1.165) is 13.1 Å².